The van der Waals surface area contributed by atoms with Gasteiger partial charge in [0.25, 0.3) is 5.91 Å². The van der Waals surface area contributed by atoms with E-state index in [1.807, 2.05) is 0 Å². The largest absolute Gasteiger partial charge is 0.343 e. The fourth-order valence-electron chi connectivity index (χ4n) is 1.47. The molecule has 0 bridgehead atoms. The smallest absolute Gasteiger partial charge is 0.270 e. The summed E-state index contributed by atoms with van der Waals surface area (Å²) in [5, 5.41) is 6.76. The van der Waals surface area contributed by atoms with Crippen molar-refractivity contribution in [1.29, 1.82) is 0 Å². The molecule has 0 aromatic carbocycles. The van der Waals surface area contributed by atoms with Crippen molar-refractivity contribution in [1.82, 2.24) is 25.1 Å². The van der Waals surface area contributed by atoms with E-state index in [1.54, 1.807) is 30.2 Å². The van der Waals surface area contributed by atoms with Gasteiger partial charge in [-0.2, -0.15) is 5.10 Å². The lowest BCUT2D eigenvalue weighted by Crippen LogP contribution is -2.24. The molecule has 0 saturated carbocycles. The number of carbonyl (C=O) groups excluding carboxylic acids is 1. The zero-order valence-electron chi connectivity index (χ0n) is 11.0. The third kappa shape index (κ3) is 3.63. The number of nitrogens with zero attached hydrogens (tertiary/aromatic N) is 4. The Kier molecular flexibility index (Phi) is 4.42. The zero-order chi connectivity index (χ0) is 14.4. The van der Waals surface area contributed by atoms with Crippen molar-refractivity contribution in [2.75, 3.05) is 6.54 Å². The van der Waals surface area contributed by atoms with Crippen LogP contribution in [0.3, 0.4) is 0 Å². The summed E-state index contributed by atoms with van der Waals surface area (Å²) in [4.78, 5) is 19.9. The molecule has 0 aliphatic heterocycles. The molecule has 2 heterocycles. The van der Waals surface area contributed by atoms with Crippen LogP contribution in [0.25, 0.3) is 0 Å². The van der Waals surface area contributed by atoms with Gasteiger partial charge in [0.15, 0.2) is 5.82 Å². The number of pyridine rings is 1. The van der Waals surface area contributed by atoms with Crippen molar-refractivity contribution in [3.63, 3.8) is 0 Å². The first kappa shape index (κ1) is 13.7. The van der Waals surface area contributed by atoms with Gasteiger partial charge in [0.05, 0.1) is 13.1 Å². The van der Waals surface area contributed by atoms with E-state index in [4.69, 9.17) is 5.73 Å². The van der Waals surface area contributed by atoms with E-state index in [9.17, 15) is 4.79 Å². The summed E-state index contributed by atoms with van der Waals surface area (Å²) < 4.78 is 1.57. The van der Waals surface area contributed by atoms with Crippen LogP contribution in [0.4, 0.5) is 0 Å². The Bertz CT molecular complexity index is 649. The van der Waals surface area contributed by atoms with Gasteiger partial charge in [-0.1, -0.05) is 11.8 Å². The van der Waals surface area contributed by atoms with Gasteiger partial charge in [-0.15, -0.1) is 0 Å². The molecule has 2 aromatic heterocycles. The van der Waals surface area contributed by atoms with Crippen molar-refractivity contribution in [2.24, 2.45) is 12.8 Å². The number of nitrogens with one attached hydrogen (secondary N) is 1. The summed E-state index contributed by atoms with van der Waals surface area (Å²) in [5.41, 5.74) is 6.32. The predicted molar refractivity (Wildman–Crippen MR) is 72.3 cm³/mol. The molecular formula is C13H14N6O. The standard InChI is InChI=1S/C13H14N6O/c1-19-9-17-12(18-19)8-16-13(20)11-5-4-10(7-15-11)3-2-6-14/h4-5,7,9H,6,8,14H2,1H3,(H,16,20). The van der Waals surface area contributed by atoms with Crippen molar-refractivity contribution in [2.45, 2.75) is 6.54 Å². The molecule has 7 heteroatoms. The topological polar surface area (TPSA) is 98.7 Å². The number of hydrogen-bond donors (Lipinski definition) is 2. The summed E-state index contributed by atoms with van der Waals surface area (Å²) in [5.74, 6) is 5.83. The average molecular weight is 270 g/mol. The molecule has 2 rings (SSSR count). The van der Waals surface area contributed by atoms with Crippen LogP contribution in [-0.2, 0) is 13.6 Å². The summed E-state index contributed by atoms with van der Waals surface area (Å²) in [7, 11) is 1.76. The first-order chi connectivity index (χ1) is 9.69. The molecule has 1 amide bonds. The lowest BCUT2D eigenvalue weighted by atomic mass is 10.2. The van der Waals surface area contributed by atoms with Gasteiger partial charge in [-0.3, -0.25) is 9.48 Å². The van der Waals surface area contributed by atoms with Crippen LogP contribution >= 0.6 is 0 Å². The maximum atomic E-state index is 11.9. The molecule has 7 nitrogen and oxygen atoms in total. The zero-order valence-corrected chi connectivity index (χ0v) is 11.0. The van der Waals surface area contributed by atoms with Gasteiger partial charge in [-0.05, 0) is 12.1 Å². The molecule has 0 fully saturated rings. The highest BCUT2D eigenvalue weighted by Crippen LogP contribution is 1.99. The molecular weight excluding hydrogens is 256 g/mol. The lowest BCUT2D eigenvalue weighted by molar-refractivity contribution is 0.0945. The highest BCUT2D eigenvalue weighted by atomic mass is 16.1. The maximum Gasteiger partial charge on any atom is 0.270 e. The number of nitrogens with two attached hydrogens (primary N) is 1. The van der Waals surface area contributed by atoms with E-state index in [1.165, 1.54) is 6.20 Å². The molecule has 0 saturated heterocycles. The number of rotatable bonds is 3. The Balaban J connectivity index is 1.95. The van der Waals surface area contributed by atoms with Crippen LogP contribution in [0.1, 0.15) is 21.9 Å². The second-order valence-electron chi connectivity index (χ2n) is 3.96. The minimum absolute atomic E-state index is 0.260. The molecule has 0 radical (unpaired) electrons. The molecule has 20 heavy (non-hydrogen) atoms. The fourth-order valence-corrected chi connectivity index (χ4v) is 1.47. The molecule has 0 aliphatic carbocycles. The molecule has 0 aliphatic rings. The molecule has 2 aromatic rings. The van der Waals surface area contributed by atoms with Crippen LogP contribution in [0, 0.1) is 11.8 Å². The van der Waals surface area contributed by atoms with E-state index >= 15 is 0 Å². The lowest BCUT2D eigenvalue weighted by Gasteiger charge is -2.01. The van der Waals surface area contributed by atoms with Gasteiger partial charge in [-0.25, -0.2) is 9.97 Å². The monoisotopic (exact) mass is 270 g/mol. The first-order valence-electron chi connectivity index (χ1n) is 5.97. The Morgan fingerprint density at radius 1 is 1.45 bits per heavy atom. The van der Waals surface area contributed by atoms with Gasteiger partial charge in [0.1, 0.15) is 12.0 Å². The summed E-state index contributed by atoms with van der Waals surface area (Å²) in [6, 6.07) is 3.34. The van der Waals surface area contributed by atoms with Crippen molar-refractivity contribution < 1.29 is 4.79 Å². The number of carbonyl (C=O) groups is 1. The fraction of sp³-hybridized carbons (Fsp3) is 0.231. The minimum Gasteiger partial charge on any atom is -0.343 e. The van der Waals surface area contributed by atoms with E-state index in [-0.39, 0.29) is 12.5 Å². The highest BCUT2D eigenvalue weighted by Gasteiger charge is 2.07. The Labute approximate surface area is 116 Å². The summed E-state index contributed by atoms with van der Waals surface area (Å²) in [6.45, 7) is 0.551. The maximum absolute atomic E-state index is 11.9. The van der Waals surface area contributed by atoms with E-state index in [2.05, 4.69) is 32.2 Å². The SMILES string of the molecule is Cn1cnc(CNC(=O)c2ccc(C#CCN)cn2)n1. The van der Waals surface area contributed by atoms with Crippen molar-refractivity contribution in [3.05, 3.63) is 41.7 Å². The average Bonchev–Trinajstić information content (AvgIpc) is 2.89. The first-order valence-corrected chi connectivity index (χ1v) is 5.97. The molecule has 102 valence electrons. The van der Waals surface area contributed by atoms with Crippen molar-refractivity contribution >= 4 is 5.91 Å². The minimum atomic E-state index is -0.282. The van der Waals surface area contributed by atoms with E-state index in [0.29, 0.717) is 18.1 Å². The van der Waals surface area contributed by atoms with E-state index in [0.717, 1.165) is 5.56 Å². The molecule has 3 N–H and O–H groups in total. The summed E-state index contributed by atoms with van der Waals surface area (Å²) >= 11 is 0. The Morgan fingerprint density at radius 3 is 2.90 bits per heavy atom. The molecule has 0 unspecified atom stereocenters. The second-order valence-corrected chi connectivity index (χ2v) is 3.96. The van der Waals surface area contributed by atoms with Crippen LogP contribution in [0.5, 0.6) is 0 Å². The van der Waals surface area contributed by atoms with E-state index < -0.39 is 0 Å². The summed E-state index contributed by atoms with van der Waals surface area (Å²) in [6.07, 6.45) is 3.11. The van der Waals surface area contributed by atoms with Gasteiger partial charge < -0.3 is 11.1 Å². The van der Waals surface area contributed by atoms with Crippen molar-refractivity contribution in [3.8, 4) is 11.8 Å². The van der Waals surface area contributed by atoms with Crippen LogP contribution in [-0.4, -0.2) is 32.2 Å². The second kappa shape index (κ2) is 6.45. The Morgan fingerprint density at radius 2 is 2.30 bits per heavy atom. The number of amides is 1. The van der Waals surface area contributed by atoms with Crippen LogP contribution < -0.4 is 11.1 Å². The van der Waals surface area contributed by atoms with Crippen LogP contribution in [0.15, 0.2) is 24.7 Å². The molecule has 0 spiro atoms. The molecule has 0 atom stereocenters. The normalized spacial score (nSPS) is 9.70. The van der Waals surface area contributed by atoms with Crippen LogP contribution in [0.2, 0.25) is 0 Å². The number of aromatic nitrogens is 4. The number of aryl methyl sites for hydroxylation is 1. The Hall–Kier alpha value is -2.72. The quantitative estimate of drug-likeness (QED) is 0.729. The highest BCUT2D eigenvalue weighted by molar-refractivity contribution is 5.92. The third-order valence-corrected chi connectivity index (χ3v) is 2.39. The van der Waals surface area contributed by atoms with Gasteiger partial charge in [0, 0.05) is 18.8 Å². The number of hydrogen-bond acceptors (Lipinski definition) is 5. The third-order valence-electron chi connectivity index (χ3n) is 2.39. The van der Waals surface area contributed by atoms with Gasteiger partial charge in [0.2, 0.25) is 0 Å². The predicted octanol–water partition coefficient (Wildman–Crippen LogP) is -0.550. The van der Waals surface area contributed by atoms with Gasteiger partial charge >= 0.3 is 0 Å².